The molecule has 1 aliphatic rings. The quantitative estimate of drug-likeness (QED) is 0.554. The van der Waals surface area contributed by atoms with Crippen LogP contribution in [0.15, 0.2) is 77.7 Å². The Hall–Kier alpha value is -2.40. The van der Waals surface area contributed by atoms with E-state index >= 15 is 0 Å². The van der Waals surface area contributed by atoms with Gasteiger partial charge in [-0.1, -0.05) is 53.6 Å². The summed E-state index contributed by atoms with van der Waals surface area (Å²) in [6.45, 7) is 5.57. The maximum Gasteiger partial charge on any atom is 0.363 e. The molecule has 0 radical (unpaired) electrons. The smallest absolute Gasteiger partial charge is 0.363 e. The van der Waals surface area contributed by atoms with E-state index in [0.29, 0.717) is 16.6 Å². The van der Waals surface area contributed by atoms with Gasteiger partial charge in [-0.3, -0.25) is 4.57 Å². The van der Waals surface area contributed by atoms with Gasteiger partial charge in [-0.05, 0) is 51.1 Å². The van der Waals surface area contributed by atoms with Crippen molar-refractivity contribution in [3.05, 3.63) is 89.5 Å². The van der Waals surface area contributed by atoms with Crippen LogP contribution >= 0.6 is 7.52 Å². The van der Waals surface area contributed by atoms with Crippen LogP contribution in [0.4, 0.5) is 0 Å². The highest BCUT2D eigenvalue weighted by Gasteiger charge is 2.51. The zero-order chi connectivity index (χ0) is 20.8. The highest BCUT2D eigenvalue weighted by molar-refractivity contribution is 7.96. The Morgan fingerprint density at radius 2 is 1.52 bits per heavy atom. The first-order valence-corrected chi connectivity index (χ1v) is 12.3. The lowest BCUT2D eigenvalue weighted by Crippen LogP contribution is -2.39. The molecule has 0 saturated heterocycles. The fraction of sp³-hybridized carbons (Fsp3) is 0.182. The molecule has 150 valence electrons. The number of hydrogen-bond acceptors (Lipinski definition) is 4. The Kier molecular flexibility index (Phi) is 4.89. The standard InChI is InChI=1S/C22H22NO4PS/c1-16-9-12-20(13-10-16)29(25,26)23-18(3)21-15-17(2)11-14-22(21)27-28(23,24)19-7-5-4-6-8-19/h4-15,18H,1-3H3/t18-,28-/m1/s1. The number of fused-ring (bicyclic) bond motifs is 1. The first-order valence-electron chi connectivity index (χ1n) is 9.31. The summed E-state index contributed by atoms with van der Waals surface area (Å²) >= 11 is 0. The molecule has 0 saturated carbocycles. The van der Waals surface area contributed by atoms with Crippen molar-refractivity contribution in [2.75, 3.05) is 0 Å². The lowest BCUT2D eigenvalue weighted by molar-refractivity contribution is 0.365. The van der Waals surface area contributed by atoms with Gasteiger partial charge in [-0.2, -0.15) is 0 Å². The molecular formula is C22H22NO4PS. The first-order chi connectivity index (χ1) is 13.7. The van der Waals surface area contributed by atoms with E-state index in [-0.39, 0.29) is 4.90 Å². The van der Waals surface area contributed by atoms with Crippen LogP contribution in [0.1, 0.15) is 29.7 Å². The van der Waals surface area contributed by atoms with Crippen LogP contribution in [-0.2, 0) is 14.6 Å². The average Bonchev–Trinajstić information content (AvgIpc) is 2.69. The van der Waals surface area contributed by atoms with Gasteiger partial charge in [-0.15, -0.1) is 4.08 Å². The van der Waals surface area contributed by atoms with E-state index in [2.05, 4.69) is 0 Å². The average molecular weight is 427 g/mol. The van der Waals surface area contributed by atoms with Gasteiger partial charge in [0.15, 0.2) is 0 Å². The molecule has 2 atom stereocenters. The van der Waals surface area contributed by atoms with Crippen molar-refractivity contribution >= 4 is 22.8 Å². The molecule has 3 aromatic rings. The number of hydrogen-bond donors (Lipinski definition) is 0. The summed E-state index contributed by atoms with van der Waals surface area (Å²) in [4.78, 5) is 0.0887. The molecule has 0 fully saturated rings. The Morgan fingerprint density at radius 1 is 0.897 bits per heavy atom. The highest BCUT2D eigenvalue weighted by atomic mass is 32.2. The second kappa shape index (κ2) is 7.13. The van der Waals surface area contributed by atoms with Crippen molar-refractivity contribution in [2.24, 2.45) is 0 Å². The molecule has 0 amide bonds. The van der Waals surface area contributed by atoms with Gasteiger partial charge in [0.05, 0.1) is 16.2 Å². The van der Waals surface area contributed by atoms with E-state index < -0.39 is 23.6 Å². The number of nitrogens with zero attached hydrogens (tertiary/aromatic N) is 1. The predicted molar refractivity (Wildman–Crippen MR) is 114 cm³/mol. The van der Waals surface area contributed by atoms with E-state index in [0.717, 1.165) is 15.2 Å². The van der Waals surface area contributed by atoms with E-state index in [9.17, 15) is 13.0 Å². The number of benzene rings is 3. The zero-order valence-electron chi connectivity index (χ0n) is 16.4. The van der Waals surface area contributed by atoms with Gasteiger partial charge in [0.25, 0.3) is 10.0 Å². The predicted octanol–water partition coefficient (Wildman–Crippen LogP) is 4.97. The summed E-state index contributed by atoms with van der Waals surface area (Å²) in [5, 5.41) is 0.341. The Labute approximate surface area is 171 Å². The van der Waals surface area contributed by atoms with E-state index in [1.54, 1.807) is 67.6 Å². The largest absolute Gasteiger partial charge is 0.429 e. The van der Waals surface area contributed by atoms with Gasteiger partial charge >= 0.3 is 7.52 Å². The van der Waals surface area contributed by atoms with Gasteiger partial charge < -0.3 is 4.52 Å². The van der Waals surface area contributed by atoms with Crippen molar-refractivity contribution in [3.8, 4) is 5.75 Å². The molecule has 0 bridgehead atoms. The van der Waals surface area contributed by atoms with E-state index in [1.807, 2.05) is 26.0 Å². The molecule has 3 aromatic carbocycles. The molecule has 7 heteroatoms. The molecule has 0 aromatic heterocycles. The summed E-state index contributed by atoms with van der Waals surface area (Å²) in [6, 6.07) is 19.9. The number of rotatable bonds is 3. The maximum atomic E-state index is 14.2. The second-order valence-electron chi connectivity index (χ2n) is 7.26. The van der Waals surface area contributed by atoms with E-state index in [4.69, 9.17) is 4.52 Å². The third kappa shape index (κ3) is 3.31. The summed E-state index contributed by atoms with van der Waals surface area (Å²) in [7, 11) is -8.03. The Morgan fingerprint density at radius 3 is 2.17 bits per heavy atom. The van der Waals surface area contributed by atoms with Crippen LogP contribution in [0.25, 0.3) is 0 Å². The van der Waals surface area contributed by atoms with Crippen LogP contribution < -0.4 is 9.83 Å². The molecule has 0 N–H and O–H groups in total. The molecule has 5 nitrogen and oxygen atoms in total. The van der Waals surface area contributed by atoms with Crippen LogP contribution in [0, 0.1) is 13.8 Å². The van der Waals surface area contributed by atoms with Gasteiger partial charge in [0.1, 0.15) is 5.75 Å². The third-order valence-corrected chi connectivity index (χ3v) is 10.3. The van der Waals surface area contributed by atoms with Crippen molar-refractivity contribution in [3.63, 3.8) is 0 Å². The van der Waals surface area contributed by atoms with Crippen LogP contribution in [-0.4, -0.2) is 12.5 Å². The molecular weight excluding hydrogens is 405 g/mol. The second-order valence-corrected chi connectivity index (χ2v) is 11.5. The summed E-state index contributed by atoms with van der Waals surface area (Å²) < 4.78 is 48.6. The number of sulfonamides is 1. The molecule has 0 unspecified atom stereocenters. The van der Waals surface area contributed by atoms with Crippen molar-refractivity contribution < 1.29 is 17.5 Å². The first kappa shape index (κ1) is 19.9. The zero-order valence-corrected chi connectivity index (χ0v) is 18.2. The minimum absolute atomic E-state index is 0.0887. The fourth-order valence-corrected chi connectivity index (χ4v) is 8.55. The van der Waals surface area contributed by atoms with Crippen molar-refractivity contribution in [2.45, 2.75) is 31.7 Å². The van der Waals surface area contributed by atoms with Crippen LogP contribution in [0.5, 0.6) is 5.75 Å². The summed E-state index contributed by atoms with van der Waals surface area (Å²) in [5.41, 5.74) is 2.62. The SMILES string of the molecule is Cc1ccc(S(=O)(=O)N2[C@H](C)c3cc(C)ccc3O[P@]2(=O)c2ccccc2)cc1. The fourth-order valence-electron chi connectivity index (χ4n) is 3.55. The normalized spacial score (nSPS) is 22.0. The minimum atomic E-state index is -4.09. The van der Waals surface area contributed by atoms with Crippen LogP contribution in [0.2, 0.25) is 0 Å². The lowest BCUT2D eigenvalue weighted by atomic mass is 10.1. The monoisotopic (exact) mass is 427 g/mol. The summed E-state index contributed by atoms with van der Waals surface area (Å²) in [5.74, 6) is 0.450. The Balaban J connectivity index is 1.97. The molecule has 29 heavy (non-hydrogen) atoms. The minimum Gasteiger partial charge on any atom is -0.429 e. The molecule has 1 aliphatic heterocycles. The van der Waals surface area contributed by atoms with Crippen LogP contribution in [0.3, 0.4) is 0 Å². The lowest BCUT2D eigenvalue weighted by Gasteiger charge is -2.39. The number of aryl methyl sites for hydroxylation is 2. The molecule has 0 spiro atoms. The van der Waals surface area contributed by atoms with Gasteiger partial charge in [-0.25, -0.2) is 8.42 Å². The molecule has 4 rings (SSSR count). The highest BCUT2D eigenvalue weighted by Crippen LogP contribution is 2.61. The van der Waals surface area contributed by atoms with Crippen molar-refractivity contribution in [1.29, 1.82) is 0 Å². The van der Waals surface area contributed by atoms with Crippen molar-refractivity contribution in [1.82, 2.24) is 4.08 Å². The van der Waals surface area contributed by atoms with Gasteiger partial charge in [0.2, 0.25) is 0 Å². The van der Waals surface area contributed by atoms with E-state index in [1.165, 1.54) is 0 Å². The Bertz CT molecular complexity index is 1210. The summed E-state index contributed by atoms with van der Waals surface area (Å²) in [6.07, 6.45) is 0. The molecule has 1 heterocycles. The topological polar surface area (TPSA) is 63.7 Å². The maximum absolute atomic E-state index is 14.2. The molecule has 0 aliphatic carbocycles. The third-order valence-electron chi connectivity index (χ3n) is 5.08. The van der Waals surface area contributed by atoms with Gasteiger partial charge in [0, 0.05) is 5.56 Å².